The molecule has 0 saturated heterocycles. The van der Waals surface area contributed by atoms with Crippen LogP contribution in [0.3, 0.4) is 0 Å². The summed E-state index contributed by atoms with van der Waals surface area (Å²) in [5.41, 5.74) is 14.9. The Kier molecular flexibility index (Phi) is 35.8. The van der Waals surface area contributed by atoms with E-state index >= 15 is 0 Å². The maximum Gasteiger partial charge on any atom is 0.416 e. The van der Waals surface area contributed by atoms with E-state index in [0.717, 1.165) is 61.0 Å². The number of rotatable bonds is 35. The maximum atomic E-state index is 13.3. The number of ether oxygens (including phenoxy) is 5. The van der Waals surface area contributed by atoms with E-state index in [2.05, 4.69) is 16.0 Å². The van der Waals surface area contributed by atoms with Crippen molar-refractivity contribution in [3.8, 4) is 62.1 Å². The summed E-state index contributed by atoms with van der Waals surface area (Å²) in [7, 11) is 3.11. The van der Waals surface area contributed by atoms with Crippen LogP contribution in [0.25, 0.3) is 33.4 Å². The maximum absolute atomic E-state index is 13.3. The first kappa shape index (κ1) is 105. The van der Waals surface area contributed by atoms with Crippen LogP contribution in [0.1, 0.15) is 118 Å². The molecule has 0 saturated carbocycles. The second-order valence-corrected chi connectivity index (χ2v) is 33.8. The van der Waals surface area contributed by atoms with Crippen LogP contribution in [-0.4, -0.2) is 135 Å². The minimum atomic E-state index is -4.61. The van der Waals surface area contributed by atoms with Crippen LogP contribution in [0.2, 0.25) is 0 Å². The number of hydrogen-bond donors (Lipinski definition) is 6. The highest BCUT2D eigenvalue weighted by Gasteiger charge is 2.34. The Morgan fingerprint density at radius 2 is 0.527 bits per heavy atom. The van der Waals surface area contributed by atoms with Gasteiger partial charge in [0, 0.05) is 59.0 Å². The molecular formula is C117H99F3N6O20. The molecule has 15 aromatic carbocycles. The smallest absolute Gasteiger partial charge is 0.416 e. The zero-order chi connectivity index (χ0) is 104. The van der Waals surface area contributed by atoms with Gasteiger partial charge >= 0.3 is 42.0 Å². The molecule has 0 aliphatic heterocycles. The lowest BCUT2D eigenvalue weighted by molar-refractivity contribution is -0.139. The molecule has 146 heavy (non-hydrogen) atoms. The highest BCUT2D eigenvalue weighted by atomic mass is 19.4. The highest BCUT2D eigenvalue weighted by Crippen LogP contribution is 2.34. The van der Waals surface area contributed by atoms with Crippen LogP contribution in [0.4, 0.5) is 30.2 Å². The van der Waals surface area contributed by atoms with Crippen LogP contribution >= 0.6 is 0 Å². The van der Waals surface area contributed by atoms with E-state index in [0.29, 0.717) is 67.8 Å². The Hall–Kier alpha value is -18.7. The van der Waals surface area contributed by atoms with Crippen molar-refractivity contribution in [3.05, 3.63) is 453 Å². The third-order valence-corrected chi connectivity index (χ3v) is 22.9. The predicted molar refractivity (Wildman–Crippen MR) is 545 cm³/mol. The molecule has 0 unspecified atom stereocenters. The van der Waals surface area contributed by atoms with Gasteiger partial charge in [0.1, 0.15) is 48.4 Å². The normalized spacial score (nSPS) is 10.7. The van der Waals surface area contributed by atoms with Gasteiger partial charge in [-0.3, -0.25) is 43.2 Å². The monoisotopic (exact) mass is 1960 g/mol. The summed E-state index contributed by atoms with van der Waals surface area (Å²) in [6, 6.07) is 102. The van der Waals surface area contributed by atoms with Crippen molar-refractivity contribution in [1.82, 2.24) is 14.7 Å². The summed E-state index contributed by atoms with van der Waals surface area (Å²) in [5, 5.41) is 36.6. The minimum Gasteiger partial charge on any atom is -0.497 e. The first-order valence-corrected chi connectivity index (χ1v) is 45.8. The molecule has 15 rings (SSSR count). The van der Waals surface area contributed by atoms with Gasteiger partial charge in [-0.25, -0.2) is 14.4 Å². The standard InChI is InChI=1S/C39H31F3N2O6.2C39H34N2O7/c1-25-6-10-27(11-7-25)28-12-14-30(15-13-28)38(49)50-33-20-8-26(9-21-33)23-44(24-36(46)47)37(48)29-16-18-32(19-17-29)43-35(45)22-31-4-2-3-5-34(31)39(40,41)42;1-26-3-9-29(10-4-26)30-11-13-32(14-12-30)39(46)48-35-21-7-28(8-22-35)24-41(25-37(43)44)38(45)31-15-17-33(18-16-31)40-36(42)23-27-5-19-34(47-2)20-6-27;1-26-7-11-28(12-8-26)29-13-15-31(16-14-29)39(46)48-34-21-9-27(10-22-34)24-41(25-37(43)44)38(45)30-17-19-33(20-18-30)40-36(42)23-32-5-3-4-6-35(32)47-2/h2-21H,22-24H2,1H3,(H,43,45)(H,46,47);2*3-22H,23-25H2,1-2H3,(H,40,42)(H,43,44). The van der Waals surface area contributed by atoms with Gasteiger partial charge in [-0.05, 0) is 252 Å². The fourth-order valence-electron chi connectivity index (χ4n) is 15.2. The van der Waals surface area contributed by atoms with E-state index in [1.165, 1.54) is 87.7 Å². The molecule has 0 radical (unpaired) electrons. The predicted octanol–water partition coefficient (Wildman–Crippen LogP) is 21.4. The Balaban J connectivity index is 0.000000183. The lowest BCUT2D eigenvalue weighted by Crippen LogP contribution is -2.35. The molecular weight excluding hydrogens is 1870 g/mol. The van der Waals surface area contributed by atoms with Crippen LogP contribution in [-0.2, 0) is 73.8 Å². The van der Waals surface area contributed by atoms with Crippen molar-refractivity contribution in [2.75, 3.05) is 49.8 Å². The molecule has 29 heteroatoms. The number of para-hydroxylation sites is 1. The van der Waals surface area contributed by atoms with Gasteiger partial charge in [0.2, 0.25) is 17.7 Å². The summed E-state index contributed by atoms with van der Waals surface area (Å²) >= 11 is 0. The number of methoxy groups -OCH3 is 2. The lowest BCUT2D eigenvalue weighted by atomic mass is 10.0. The lowest BCUT2D eigenvalue weighted by Gasteiger charge is -2.21. The second-order valence-electron chi connectivity index (χ2n) is 33.8. The highest BCUT2D eigenvalue weighted by molar-refractivity contribution is 6.01. The first-order valence-electron chi connectivity index (χ1n) is 45.8. The van der Waals surface area contributed by atoms with Crippen LogP contribution < -0.4 is 39.6 Å². The average molecular weight is 1970 g/mol. The number of hydrogen-bond acceptors (Lipinski definition) is 17. The topological polar surface area (TPSA) is 357 Å². The Morgan fingerprint density at radius 1 is 0.274 bits per heavy atom. The van der Waals surface area contributed by atoms with Crippen molar-refractivity contribution in [2.24, 2.45) is 0 Å². The van der Waals surface area contributed by atoms with Gasteiger partial charge in [0.25, 0.3) is 17.7 Å². The van der Waals surface area contributed by atoms with E-state index in [4.69, 9.17) is 23.7 Å². The summed E-state index contributed by atoms with van der Waals surface area (Å²) in [6.07, 6.45) is -4.85. The number of nitrogens with one attached hydrogen (secondary N) is 3. The molecule has 0 aromatic heterocycles. The number of aliphatic carboxylic acids is 3. The molecule has 0 heterocycles. The van der Waals surface area contributed by atoms with Crippen molar-refractivity contribution in [3.63, 3.8) is 0 Å². The Labute approximate surface area is 838 Å². The molecule has 26 nitrogen and oxygen atoms in total. The number of halogens is 3. The van der Waals surface area contributed by atoms with Gasteiger partial charge in [-0.1, -0.05) is 211 Å². The average Bonchev–Trinajstić information content (AvgIpc) is 0.819. The number of carbonyl (C=O) groups is 12. The van der Waals surface area contributed by atoms with Crippen molar-refractivity contribution < 1.29 is 110 Å². The number of benzene rings is 15. The van der Waals surface area contributed by atoms with Crippen molar-refractivity contribution in [1.29, 1.82) is 0 Å². The summed E-state index contributed by atoms with van der Waals surface area (Å²) in [6.45, 7) is 4.36. The van der Waals surface area contributed by atoms with Gasteiger partial charge in [0.05, 0.1) is 55.7 Å². The van der Waals surface area contributed by atoms with E-state index < -0.39 is 97.2 Å². The van der Waals surface area contributed by atoms with Crippen LogP contribution in [0.15, 0.2) is 364 Å². The quantitative estimate of drug-likeness (QED) is 0.0159. The summed E-state index contributed by atoms with van der Waals surface area (Å²) in [5.74, 6) is -5.69. The SMILES string of the molecule is COc1ccc(CC(=O)Nc2ccc(C(=O)N(CC(=O)O)Cc3ccc(OC(=O)c4ccc(-c5ccc(C)cc5)cc4)cc3)cc2)cc1.COc1ccccc1CC(=O)Nc1ccc(C(=O)N(CC(=O)O)Cc2ccc(OC(=O)c3ccc(-c4ccc(C)cc4)cc3)cc2)cc1.Cc1ccc(-c2ccc(C(=O)Oc3ccc(CN(CC(=O)O)C(=O)c4ccc(NC(=O)Cc5ccccc5C(F)(F)F)cc4)cc3)cc2)cc1. The third kappa shape index (κ3) is 30.7. The fraction of sp³-hybridized carbons (Fsp3) is 0.128. The van der Waals surface area contributed by atoms with E-state index in [1.54, 1.807) is 166 Å². The first-order chi connectivity index (χ1) is 70.2. The van der Waals surface area contributed by atoms with Crippen molar-refractivity contribution in [2.45, 2.75) is 65.8 Å². The van der Waals surface area contributed by atoms with Gasteiger partial charge in [0.15, 0.2) is 0 Å². The molecule has 0 fully saturated rings. The minimum absolute atomic E-state index is 0.0111. The molecule has 6 amide bonds. The zero-order valence-corrected chi connectivity index (χ0v) is 79.8. The number of nitrogens with zero attached hydrogens (tertiary/aromatic N) is 3. The van der Waals surface area contributed by atoms with Gasteiger partial charge in [-0.15, -0.1) is 0 Å². The fourth-order valence-corrected chi connectivity index (χ4v) is 15.2. The Morgan fingerprint density at radius 3 is 0.815 bits per heavy atom. The number of alkyl halides is 3. The number of carboxylic acid groups (broad SMARTS) is 3. The number of amides is 6. The van der Waals surface area contributed by atoms with E-state index in [-0.39, 0.29) is 78.0 Å². The third-order valence-electron chi connectivity index (χ3n) is 22.9. The largest absolute Gasteiger partial charge is 0.497 e. The number of anilines is 3. The van der Waals surface area contributed by atoms with E-state index in [9.17, 15) is 86.0 Å². The number of esters is 3. The molecule has 15 aromatic rings. The van der Waals surface area contributed by atoms with E-state index in [1.807, 2.05) is 160 Å². The second kappa shape index (κ2) is 49.9. The number of carbonyl (C=O) groups excluding carboxylic acids is 9. The zero-order valence-electron chi connectivity index (χ0n) is 79.8. The molecule has 0 atom stereocenters. The van der Waals surface area contributed by atoms with Crippen LogP contribution in [0.5, 0.6) is 28.7 Å². The molecule has 738 valence electrons. The molecule has 0 aliphatic carbocycles. The summed E-state index contributed by atoms with van der Waals surface area (Å²) < 4.78 is 66.9. The molecule has 6 N–H and O–H groups in total. The Bertz CT molecular complexity index is 7140. The van der Waals surface area contributed by atoms with Gasteiger partial charge in [-0.2, -0.15) is 13.2 Å². The number of aryl methyl sites for hydroxylation is 3. The van der Waals surface area contributed by atoms with Gasteiger partial charge < -0.3 is 69.7 Å². The van der Waals surface area contributed by atoms with Crippen LogP contribution in [0, 0.1) is 20.8 Å². The molecule has 0 aliphatic rings. The molecule has 0 bridgehead atoms. The summed E-state index contributed by atoms with van der Waals surface area (Å²) in [4.78, 5) is 154. The van der Waals surface area contributed by atoms with Crippen molar-refractivity contribution >= 4 is 88.3 Å². The number of carboxylic acids is 3. The molecule has 0 spiro atoms.